The Balaban J connectivity index is 0.00000242. The smallest absolute Gasteiger partial charge is 0.416 e. The molecule has 2 N–H and O–H groups in total. The van der Waals surface area contributed by atoms with Gasteiger partial charge in [-0.15, -0.1) is 12.4 Å². The fourth-order valence-corrected chi connectivity index (χ4v) is 2.65. The number of rotatable bonds is 3. The van der Waals surface area contributed by atoms with Crippen LogP contribution >= 0.6 is 12.4 Å². The summed E-state index contributed by atoms with van der Waals surface area (Å²) in [5.41, 5.74) is -0.875. The van der Waals surface area contributed by atoms with Gasteiger partial charge in [-0.3, -0.25) is 4.79 Å². The number of benzene rings is 1. The van der Waals surface area contributed by atoms with Crippen LogP contribution in [-0.2, 0) is 11.0 Å². The number of carboxylic acid groups (broad SMARTS) is 1. The first-order chi connectivity index (χ1) is 9.77. The quantitative estimate of drug-likeness (QED) is 0.823. The number of piperidine rings is 1. The summed E-state index contributed by atoms with van der Waals surface area (Å²) in [4.78, 5) is 10.7. The number of hydrogen-bond donors (Lipinski definition) is 2. The lowest BCUT2D eigenvalue weighted by atomic mass is 9.86. The number of nitrogens with one attached hydrogen (secondary N) is 1. The molecule has 1 fully saturated rings. The molecule has 0 aromatic heterocycles. The minimum atomic E-state index is -4.58. The molecule has 2 rings (SSSR count). The van der Waals surface area contributed by atoms with Crippen molar-refractivity contribution in [1.29, 1.82) is 0 Å². The molecule has 0 spiro atoms. The molecule has 2 atom stereocenters. The predicted molar refractivity (Wildman–Crippen MR) is 74.4 cm³/mol. The van der Waals surface area contributed by atoms with Crippen LogP contribution in [0.4, 0.5) is 17.6 Å². The molecule has 0 amide bonds. The summed E-state index contributed by atoms with van der Waals surface area (Å²) in [5.74, 6) is -1.94. The van der Waals surface area contributed by atoms with E-state index in [-0.39, 0.29) is 30.3 Å². The van der Waals surface area contributed by atoms with Crippen molar-refractivity contribution in [1.82, 2.24) is 5.32 Å². The average molecular weight is 342 g/mol. The van der Waals surface area contributed by atoms with E-state index in [1.165, 1.54) is 0 Å². The largest absolute Gasteiger partial charge is 0.481 e. The molecule has 1 heterocycles. The van der Waals surface area contributed by atoms with Gasteiger partial charge >= 0.3 is 12.1 Å². The highest BCUT2D eigenvalue weighted by Crippen LogP contribution is 2.34. The predicted octanol–water partition coefficient (Wildman–Crippen LogP) is 3.78. The zero-order chi connectivity index (χ0) is 15.6. The highest BCUT2D eigenvalue weighted by Gasteiger charge is 2.32. The molecule has 1 aromatic rings. The van der Waals surface area contributed by atoms with Gasteiger partial charge in [-0.25, -0.2) is 4.39 Å². The van der Waals surface area contributed by atoms with E-state index in [2.05, 4.69) is 5.32 Å². The summed E-state index contributed by atoms with van der Waals surface area (Å²) < 4.78 is 51.4. The van der Waals surface area contributed by atoms with E-state index in [0.29, 0.717) is 25.5 Å². The maximum atomic E-state index is 13.9. The second kappa shape index (κ2) is 7.28. The second-order valence-corrected chi connectivity index (χ2v) is 5.23. The van der Waals surface area contributed by atoms with Crippen LogP contribution in [-0.4, -0.2) is 17.6 Å². The fourth-order valence-electron chi connectivity index (χ4n) is 2.65. The molecule has 2 unspecified atom stereocenters. The lowest BCUT2D eigenvalue weighted by Crippen LogP contribution is -2.33. The minimum Gasteiger partial charge on any atom is -0.481 e. The lowest BCUT2D eigenvalue weighted by Gasteiger charge is -2.30. The van der Waals surface area contributed by atoms with E-state index in [0.717, 1.165) is 12.1 Å². The van der Waals surface area contributed by atoms with E-state index in [9.17, 15) is 22.4 Å². The Bertz CT molecular complexity index is 536. The Morgan fingerprint density at radius 1 is 1.36 bits per heavy atom. The van der Waals surface area contributed by atoms with Crippen LogP contribution in [0.15, 0.2) is 18.2 Å². The molecule has 1 aliphatic heterocycles. The maximum Gasteiger partial charge on any atom is 0.416 e. The number of carboxylic acids is 1. The van der Waals surface area contributed by atoms with Crippen molar-refractivity contribution < 1.29 is 27.5 Å². The Morgan fingerprint density at radius 2 is 2.05 bits per heavy atom. The zero-order valence-corrected chi connectivity index (χ0v) is 12.3. The Hall–Kier alpha value is -1.34. The zero-order valence-electron chi connectivity index (χ0n) is 11.5. The van der Waals surface area contributed by atoms with E-state index < -0.39 is 29.6 Å². The summed E-state index contributed by atoms with van der Waals surface area (Å²) in [6.45, 7) is 0.517. The molecule has 0 radical (unpaired) electrons. The standard InChI is InChI=1S/C14H15F4NO2.ClH/c15-11-7-9(14(16,17)18)1-2-10(11)12-5-8(3-4-19-12)6-13(20)21;/h1-2,7-8,12,19H,3-6H2,(H,20,21);1H. The molecule has 8 heteroatoms. The highest BCUT2D eigenvalue weighted by molar-refractivity contribution is 5.85. The van der Waals surface area contributed by atoms with Gasteiger partial charge in [-0.2, -0.15) is 13.2 Å². The fraction of sp³-hybridized carbons (Fsp3) is 0.500. The third-order valence-corrected chi connectivity index (χ3v) is 3.68. The summed E-state index contributed by atoms with van der Waals surface area (Å²) in [6, 6.07) is 2.00. The summed E-state index contributed by atoms with van der Waals surface area (Å²) in [5, 5.41) is 11.8. The first-order valence-electron chi connectivity index (χ1n) is 6.59. The molecular weight excluding hydrogens is 326 g/mol. The van der Waals surface area contributed by atoms with E-state index >= 15 is 0 Å². The lowest BCUT2D eigenvalue weighted by molar-refractivity contribution is -0.139. The van der Waals surface area contributed by atoms with Crippen molar-refractivity contribution in [2.45, 2.75) is 31.5 Å². The SMILES string of the molecule is Cl.O=C(O)CC1CCNC(c2ccc(C(F)(F)F)cc2F)C1. The van der Waals surface area contributed by atoms with Crippen molar-refractivity contribution in [3.8, 4) is 0 Å². The van der Waals surface area contributed by atoms with E-state index in [1.807, 2.05) is 0 Å². The van der Waals surface area contributed by atoms with Gasteiger partial charge < -0.3 is 10.4 Å². The van der Waals surface area contributed by atoms with Crippen LogP contribution in [0.2, 0.25) is 0 Å². The molecule has 0 bridgehead atoms. The van der Waals surface area contributed by atoms with Crippen molar-refractivity contribution >= 4 is 18.4 Å². The van der Waals surface area contributed by atoms with Crippen LogP contribution in [0.1, 0.15) is 36.4 Å². The van der Waals surface area contributed by atoms with Crippen LogP contribution in [0.25, 0.3) is 0 Å². The molecular formula is C14H16ClF4NO2. The number of carbonyl (C=O) groups is 1. The van der Waals surface area contributed by atoms with Crippen LogP contribution in [0, 0.1) is 11.7 Å². The Kier molecular flexibility index (Phi) is 6.19. The monoisotopic (exact) mass is 341 g/mol. The number of alkyl halides is 3. The van der Waals surface area contributed by atoms with Gasteiger partial charge in [0.2, 0.25) is 0 Å². The van der Waals surface area contributed by atoms with Crippen LogP contribution < -0.4 is 5.32 Å². The molecule has 0 saturated carbocycles. The number of halogens is 5. The van der Waals surface area contributed by atoms with Gasteiger partial charge in [0.1, 0.15) is 5.82 Å². The van der Waals surface area contributed by atoms with Crippen LogP contribution in [0.3, 0.4) is 0 Å². The van der Waals surface area contributed by atoms with Crippen molar-refractivity contribution in [2.75, 3.05) is 6.54 Å². The molecule has 1 aliphatic rings. The van der Waals surface area contributed by atoms with Crippen molar-refractivity contribution in [3.63, 3.8) is 0 Å². The summed E-state index contributed by atoms with van der Waals surface area (Å²) >= 11 is 0. The summed E-state index contributed by atoms with van der Waals surface area (Å²) in [6.07, 6.45) is -3.54. The van der Waals surface area contributed by atoms with Gasteiger partial charge in [0.25, 0.3) is 0 Å². The summed E-state index contributed by atoms with van der Waals surface area (Å²) in [7, 11) is 0. The van der Waals surface area contributed by atoms with Gasteiger partial charge in [-0.1, -0.05) is 6.07 Å². The Labute approximate surface area is 131 Å². The van der Waals surface area contributed by atoms with Gasteiger partial charge in [0, 0.05) is 18.0 Å². The number of hydrogen-bond acceptors (Lipinski definition) is 2. The minimum absolute atomic E-state index is 0. The van der Waals surface area contributed by atoms with Gasteiger partial charge in [0.15, 0.2) is 0 Å². The highest BCUT2D eigenvalue weighted by atomic mass is 35.5. The third kappa shape index (κ3) is 4.58. The second-order valence-electron chi connectivity index (χ2n) is 5.23. The molecule has 0 aliphatic carbocycles. The van der Waals surface area contributed by atoms with Crippen LogP contribution in [0.5, 0.6) is 0 Å². The van der Waals surface area contributed by atoms with Crippen molar-refractivity contribution in [3.05, 3.63) is 35.1 Å². The maximum absolute atomic E-state index is 13.9. The number of aliphatic carboxylic acids is 1. The van der Waals surface area contributed by atoms with Crippen molar-refractivity contribution in [2.24, 2.45) is 5.92 Å². The Morgan fingerprint density at radius 3 is 2.59 bits per heavy atom. The molecule has 22 heavy (non-hydrogen) atoms. The normalized spacial score (nSPS) is 22.0. The topological polar surface area (TPSA) is 49.3 Å². The van der Waals surface area contributed by atoms with Gasteiger partial charge in [0.05, 0.1) is 5.56 Å². The first-order valence-corrected chi connectivity index (χ1v) is 6.59. The molecule has 1 saturated heterocycles. The average Bonchev–Trinajstić information content (AvgIpc) is 2.37. The third-order valence-electron chi connectivity index (χ3n) is 3.68. The van der Waals surface area contributed by atoms with E-state index in [1.54, 1.807) is 0 Å². The molecule has 1 aromatic carbocycles. The molecule has 3 nitrogen and oxygen atoms in total. The van der Waals surface area contributed by atoms with Gasteiger partial charge in [-0.05, 0) is 37.4 Å². The molecule has 124 valence electrons. The first kappa shape index (κ1) is 18.7. The van der Waals surface area contributed by atoms with E-state index in [4.69, 9.17) is 5.11 Å².